The van der Waals surface area contributed by atoms with Crippen LogP contribution in [0.2, 0.25) is 5.15 Å². The lowest BCUT2D eigenvalue weighted by Gasteiger charge is -2.10. The summed E-state index contributed by atoms with van der Waals surface area (Å²) in [4.78, 5) is 17.6. The Morgan fingerprint density at radius 1 is 1.62 bits per heavy atom. The van der Waals surface area contributed by atoms with Gasteiger partial charge in [0.25, 0.3) is 5.91 Å². The van der Waals surface area contributed by atoms with E-state index in [0.717, 1.165) is 11.0 Å². The molecule has 0 aromatic carbocycles. The molecule has 1 aromatic rings. The fourth-order valence-corrected chi connectivity index (χ4v) is 1.59. The Hall–Kier alpha value is -0.650. The van der Waals surface area contributed by atoms with Gasteiger partial charge in [-0.1, -0.05) is 11.6 Å². The van der Waals surface area contributed by atoms with Crippen LogP contribution in [0.3, 0.4) is 0 Å². The van der Waals surface area contributed by atoms with E-state index in [1.54, 1.807) is 12.3 Å². The molecule has 0 spiro atoms. The van der Waals surface area contributed by atoms with E-state index >= 15 is 0 Å². The van der Waals surface area contributed by atoms with Crippen molar-refractivity contribution in [2.24, 2.45) is 0 Å². The third kappa shape index (κ3) is 4.08. The summed E-state index contributed by atoms with van der Waals surface area (Å²) in [5.74, 6) is -0.208. The van der Waals surface area contributed by atoms with Crippen molar-refractivity contribution in [3.63, 3.8) is 0 Å². The number of halogens is 2. The number of aromatic nitrogens is 1. The van der Waals surface area contributed by atoms with Crippen LogP contribution in [0, 0.1) is 0 Å². The van der Waals surface area contributed by atoms with E-state index in [2.05, 4.69) is 26.2 Å². The zero-order valence-electron chi connectivity index (χ0n) is 9.13. The number of nitrogens with one attached hydrogen (secondary N) is 1. The second-order valence-electron chi connectivity index (χ2n) is 3.55. The molecule has 0 aliphatic carbocycles. The summed E-state index contributed by atoms with van der Waals surface area (Å²) in [5, 5.41) is 2.99. The minimum Gasteiger partial charge on any atom is -0.351 e. The molecule has 0 unspecified atom stereocenters. The molecule has 1 heterocycles. The molecule has 1 N–H and O–H groups in total. The van der Waals surface area contributed by atoms with Crippen LogP contribution in [0.25, 0.3) is 0 Å². The van der Waals surface area contributed by atoms with E-state index in [0.29, 0.717) is 12.1 Å². The average molecular weight is 307 g/mol. The van der Waals surface area contributed by atoms with Gasteiger partial charge in [0.2, 0.25) is 0 Å². The molecule has 6 heteroatoms. The van der Waals surface area contributed by atoms with Crippen molar-refractivity contribution >= 4 is 33.4 Å². The van der Waals surface area contributed by atoms with Crippen LogP contribution in [-0.2, 0) is 0 Å². The maximum atomic E-state index is 11.7. The van der Waals surface area contributed by atoms with Gasteiger partial charge in [0.15, 0.2) is 0 Å². The number of hydrogen-bond donors (Lipinski definition) is 1. The highest BCUT2D eigenvalue weighted by atomic mass is 79.9. The molecule has 0 atom stereocenters. The second kappa shape index (κ2) is 6.18. The van der Waals surface area contributed by atoms with E-state index in [1.165, 1.54) is 0 Å². The van der Waals surface area contributed by atoms with Gasteiger partial charge in [-0.2, -0.15) is 0 Å². The number of carbonyl (C=O) groups excluding carboxylic acids is 1. The number of hydrogen-bond acceptors (Lipinski definition) is 3. The fourth-order valence-electron chi connectivity index (χ4n) is 1.07. The lowest BCUT2D eigenvalue weighted by molar-refractivity contribution is 0.0951. The molecule has 1 amide bonds. The standard InChI is InChI=1S/C10H13BrClN3O/c1-15(2)4-3-13-10(16)8-5-7(11)6-14-9(8)12/h5-6H,3-4H2,1-2H3,(H,13,16). The van der Waals surface area contributed by atoms with Gasteiger partial charge in [0.1, 0.15) is 5.15 Å². The Labute approximate surface area is 108 Å². The monoisotopic (exact) mass is 305 g/mol. The summed E-state index contributed by atoms with van der Waals surface area (Å²) in [6, 6.07) is 1.65. The Morgan fingerprint density at radius 2 is 2.31 bits per heavy atom. The van der Waals surface area contributed by atoms with Gasteiger partial charge >= 0.3 is 0 Å². The Morgan fingerprint density at radius 3 is 2.94 bits per heavy atom. The van der Waals surface area contributed by atoms with Crippen LogP contribution < -0.4 is 5.32 Å². The predicted molar refractivity (Wildman–Crippen MR) is 67.8 cm³/mol. The molecule has 1 rings (SSSR count). The molecular weight excluding hydrogens is 293 g/mol. The van der Waals surface area contributed by atoms with Crippen molar-refractivity contribution in [3.05, 3.63) is 27.5 Å². The summed E-state index contributed by atoms with van der Waals surface area (Å²) in [5.41, 5.74) is 0.384. The maximum absolute atomic E-state index is 11.7. The lowest BCUT2D eigenvalue weighted by Crippen LogP contribution is -2.31. The molecule has 1 aromatic heterocycles. The first kappa shape index (κ1) is 13.4. The zero-order chi connectivity index (χ0) is 12.1. The van der Waals surface area contributed by atoms with E-state index in [-0.39, 0.29) is 11.1 Å². The number of amides is 1. The molecule has 0 aliphatic rings. The van der Waals surface area contributed by atoms with Crippen LogP contribution in [0.15, 0.2) is 16.7 Å². The van der Waals surface area contributed by atoms with Crippen LogP contribution in [0.5, 0.6) is 0 Å². The minimum absolute atomic E-state index is 0.208. The first-order valence-electron chi connectivity index (χ1n) is 4.74. The summed E-state index contributed by atoms with van der Waals surface area (Å²) in [6.45, 7) is 1.36. The van der Waals surface area contributed by atoms with Gasteiger partial charge in [0, 0.05) is 23.8 Å². The highest BCUT2D eigenvalue weighted by Crippen LogP contribution is 2.17. The third-order valence-electron chi connectivity index (χ3n) is 1.89. The van der Waals surface area contributed by atoms with E-state index in [1.807, 2.05) is 19.0 Å². The molecule has 0 fully saturated rings. The minimum atomic E-state index is -0.208. The Kier molecular flexibility index (Phi) is 5.18. The molecule has 0 saturated carbocycles. The topological polar surface area (TPSA) is 45.2 Å². The van der Waals surface area contributed by atoms with Crippen molar-refractivity contribution in [1.29, 1.82) is 0 Å². The highest BCUT2D eigenvalue weighted by molar-refractivity contribution is 9.10. The van der Waals surface area contributed by atoms with Crippen molar-refractivity contribution in [2.75, 3.05) is 27.2 Å². The number of pyridine rings is 1. The van der Waals surface area contributed by atoms with Gasteiger partial charge in [-0.05, 0) is 36.1 Å². The van der Waals surface area contributed by atoms with Gasteiger partial charge < -0.3 is 10.2 Å². The number of nitrogens with zero attached hydrogens (tertiary/aromatic N) is 2. The van der Waals surface area contributed by atoms with Crippen molar-refractivity contribution < 1.29 is 4.79 Å². The first-order valence-corrected chi connectivity index (χ1v) is 5.92. The molecule has 16 heavy (non-hydrogen) atoms. The quantitative estimate of drug-likeness (QED) is 0.863. The molecular formula is C10H13BrClN3O. The van der Waals surface area contributed by atoms with Gasteiger partial charge in [-0.3, -0.25) is 4.79 Å². The summed E-state index contributed by atoms with van der Waals surface area (Å²) < 4.78 is 0.731. The number of rotatable bonds is 4. The summed E-state index contributed by atoms with van der Waals surface area (Å²) >= 11 is 9.08. The zero-order valence-corrected chi connectivity index (χ0v) is 11.5. The molecule has 0 radical (unpaired) electrons. The Bertz CT molecular complexity index is 384. The van der Waals surface area contributed by atoms with Crippen molar-refractivity contribution in [3.8, 4) is 0 Å². The molecule has 4 nitrogen and oxygen atoms in total. The Balaban J connectivity index is 2.62. The summed E-state index contributed by atoms with van der Waals surface area (Å²) in [7, 11) is 3.89. The third-order valence-corrected chi connectivity index (χ3v) is 2.63. The van der Waals surface area contributed by atoms with Gasteiger partial charge in [-0.15, -0.1) is 0 Å². The summed E-state index contributed by atoms with van der Waals surface area (Å²) in [6.07, 6.45) is 1.55. The first-order chi connectivity index (χ1) is 7.50. The van der Waals surface area contributed by atoms with Gasteiger partial charge in [-0.25, -0.2) is 4.98 Å². The normalized spacial score (nSPS) is 10.6. The maximum Gasteiger partial charge on any atom is 0.254 e. The van der Waals surface area contributed by atoms with Crippen LogP contribution in [0.4, 0.5) is 0 Å². The van der Waals surface area contributed by atoms with Crippen LogP contribution in [0.1, 0.15) is 10.4 Å². The lowest BCUT2D eigenvalue weighted by atomic mass is 10.2. The second-order valence-corrected chi connectivity index (χ2v) is 4.82. The van der Waals surface area contributed by atoms with Crippen molar-refractivity contribution in [2.45, 2.75) is 0 Å². The van der Waals surface area contributed by atoms with Crippen molar-refractivity contribution in [1.82, 2.24) is 15.2 Å². The predicted octanol–water partition coefficient (Wildman–Crippen LogP) is 1.79. The average Bonchev–Trinajstić information content (AvgIpc) is 2.21. The number of carbonyl (C=O) groups is 1. The van der Waals surface area contributed by atoms with Gasteiger partial charge in [0.05, 0.1) is 5.56 Å². The highest BCUT2D eigenvalue weighted by Gasteiger charge is 2.11. The van der Waals surface area contributed by atoms with Crippen LogP contribution in [-0.4, -0.2) is 43.0 Å². The van der Waals surface area contributed by atoms with E-state index < -0.39 is 0 Å². The smallest absolute Gasteiger partial charge is 0.254 e. The van der Waals surface area contributed by atoms with Crippen LogP contribution >= 0.6 is 27.5 Å². The van der Waals surface area contributed by atoms with E-state index in [9.17, 15) is 4.79 Å². The molecule has 0 aliphatic heterocycles. The largest absolute Gasteiger partial charge is 0.351 e. The molecule has 0 saturated heterocycles. The number of likely N-dealkylation sites (N-methyl/N-ethyl adjacent to an activating group) is 1. The van der Waals surface area contributed by atoms with E-state index in [4.69, 9.17) is 11.6 Å². The molecule has 0 bridgehead atoms. The SMILES string of the molecule is CN(C)CCNC(=O)c1cc(Br)cnc1Cl. The molecule has 88 valence electrons. The fraction of sp³-hybridized carbons (Fsp3) is 0.400.